The van der Waals surface area contributed by atoms with Crippen molar-refractivity contribution >= 4 is 16.7 Å². The average Bonchev–Trinajstić information content (AvgIpc) is 2.72. The zero-order valence-corrected chi connectivity index (χ0v) is 14.3. The lowest BCUT2D eigenvalue weighted by atomic mass is 10.1. The predicted octanol–water partition coefficient (Wildman–Crippen LogP) is 4.79. The van der Waals surface area contributed by atoms with Crippen LogP contribution in [0.4, 0.5) is 5.82 Å². The Labute approximate surface area is 152 Å². The maximum atomic E-state index is 5.82. The Morgan fingerprint density at radius 3 is 2.31 bits per heavy atom. The van der Waals surface area contributed by atoms with Crippen LogP contribution in [0, 0.1) is 0 Å². The van der Waals surface area contributed by atoms with Gasteiger partial charge in [-0.2, -0.15) is 0 Å². The molecule has 0 unspecified atom stereocenters. The Bertz CT molecular complexity index is 980. The first-order chi connectivity index (χ1) is 12.9. The van der Waals surface area contributed by atoms with Gasteiger partial charge in [0.05, 0.1) is 12.1 Å². The molecular weight excluding hydrogens is 322 g/mol. The largest absolute Gasteiger partial charge is 0.492 e. The van der Waals surface area contributed by atoms with Crippen molar-refractivity contribution in [2.75, 3.05) is 18.5 Å². The summed E-state index contributed by atoms with van der Waals surface area (Å²) in [6.07, 6.45) is 1.58. The van der Waals surface area contributed by atoms with Gasteiger partial charge in [0, 0.05) is 5.39 Å². The molecule has 0 spiro atoms. The molecule has 4 nitrogen and oxygen atoms in total. The average molecular weight is 341 g/mol. The van der Waals surface area contributed by atoms with E-state index in [0.717, 1.165) is 22.5 Å². The van der Waals surface area contributed by atoms with Crippen LogP contribution in [0.3, 0.4) is 0 Å². The van der Waals surface area contributed by atoms with Crippen LogP contribution >= 0.6 is 0 Å². The summed E-state index contributed by atoms with van der Waals surface area (Å²) in [5.74, 6) is 1.69. The number of para-hydroxylation sites is 1. The SMILES string of the molecule is c1ccc(-c2ccc(OCCNc3ncnc4ccccc34)cc2)cc1. The smallest absolute Gasteiger partial charge is 0.137 e. The number of nitrogens with one attached hydrogen (secondary N) is 1. The fourth-order valence-corrected chi connectivity index (χ4v) is 2.86. The van der Waals surface area contributed by atoms with Crippen LogP contribution in [0.25, 0.3) is 22.0 Å². The zero-order chi connectivity index (χ0) is 17.6. The molecule has 1 N–H and O–H groups in total. The predicted molar refractivity (Wildman–Crippen MR) is 105 cm³/mol. The number of hydrogen-bond donors (Lipinski definition) is 1. The summed E-state index contributed by atoms with van der Waals surface area (Å²) in [5, 5.41) is 4.33. The van der Waals surface area contributed by atoms with Crippen LogP contribution < -0.4 is 10.1 Å². The molecule has 0 atom stereocenters. The Kier molecular flexibility index (Phi) is 4.74. The lowest BCUT2D eigenvalue weighted by molar-refractivity contribution is 0.333. The summed E-state index contributed by atoms with van der Waals surface area (Å²) in [6.45, 7) is 1.23. The highest BCUT2D eigenvalue weighted by Crippen LogP contribution is 2.22. The molecule has 128 valence electrons. The second-order valence-corrected chi connectivity index (χ2v) is 5.91. The Morgan fingerprint density at radius 2 is 1.46 bits per heavy atom. The standard InChI is InChI=1S/C22H19N3O/c1-2-6-17(7-3-1)18-10-12-19(13-11-18)26-15-14-23-22-20-8-4-5-9-21(20)24-16-25-22/h1-13,16H,14-15H2,(H,23,24,25). The molecule has 0 saturated heterocycles. The number of nitrogens with zero attached hydrogens (tertiary/aromatic N) is 2. The summed E-state index contributed by atoms with van der Waals surface area (Å²) in [6, 6.07) is 26.4. The van der Waals surface area contributed by atoms with Crippen molar-refractivity contribution < 1.29 is 4.74 Å². The fraction of sp³-hybridized carbons (Fsp3) is 0.0909. The van der Waals surface area contributed by atoms with Crippen molar-refractivity contribution in [2.24, 2.45) is 0 Å². The Morgan fingerprint density at radius 1 is 0.731 bits per heavy atom. The fourth-order valence-electron chi connectivity index (χ4n) is 2.86. The van der Waals surface area contributed by atoms with Gasteiger partial charge >= 0.3 is 0 Å². The van der Waals surface area contributed by atoms with Crippen molar-refractivity contribution in [2.45, 2.75) is 0 Å². The van der Waals surface area contributed by atoms with Gasteiger partial charge in [-0.25, -0.2) is 9.97 Å². The number of hydrogen-bond acceptors (Lipinski definition) is 4. The lowest BCUT2D eigenvalue weighted by Crippen LogP contribution is -2.12. The number of rotatable bonds is 6. The molecule has 0 bridgehead atoms. The van der Waals surface area contributed by atoms with E-state index in [-0.39, 0.29) is 0 Å². The van der Waals surface area contributed by atoms with Crippen LogP contribution in [0.5, 0.6) is 5.75 Å². The topological polar surface area (TPSA) is 47.0 Å². The highest BCUT2D eigenvalue weighted by molar-refractivity contribution is 5.88. The van der Waals surface area contributed by atoms with E-state index in [1.54, 1.807) is 6.33 Å². The van der Waals surface area contributed by atoms with Gasteiger partial charge < -0.3 is 10.1 Å². The quantitative estimate of drug-likeness (QED) is 0.512. The van der Waals surface area contributed by atoms with E-state index in [9.17, 15) is 0 Å². The molecule has 1 heterocycles. The monoisotopic (exact) mass is 341 g/mol. The van der Waals surface area contributed by atoms with Crippen molar-refractivity contribution in [3.05, 3.63) is 85.2 Å². The summed E-state index contributed by atoms with van der Waals surface area (Å²) < 4.78 is 5.82. The lowest BCUT2D eigenvalue weighted by Gasteiger charge is -2.10. The second kappa shape index (κ2) is 7.66. The van der Waals surface area contributed by atoms with Gasteiger partial charge in [-0.3, -0.25) is 0 Å². The first-order valence-electron chi connectivity index (χ1n) is 8.62. The van der Waals surface area contributed by atoms with E-state index in [1.165, 1.54) is 11.1 Å². The van der Waals surface area contributed by atoms with Gasteiger partial charge in [0.1, 0.15) is 24.5 Å². The molecule has 0 saturated carbocycles. The number of ether oxygens (including phenoxy) is 1. The molecule has 0 aliphatic carbocycles. The van der Waals surface area contributed by atoms with E-state index >= 15 is 0 Å². The van der Waals surface area contributed by atoms with Crippen molar-refractivity contribution in [3.63, 3.8) is 0 Å². The highest BCUT2D eigenvalue weighted by atomic mass is 16.5. The van der Waals surface area contributed by atoms with Crippen molar-refractivity contribution in [1.82, 2.24) is 9.97 Å². The number of benzene rings is 3. The molecule has 0 aliphatic rings. The molecule has 1 aromatic heterocycles. The van der Waals surface area contributed by atoms with Crippen LogP contribution in [0.1, 0.15) is 0 Å². The molecule has 3 aromatic carbocycles. The minimum Gasteiger partial charge on any atom is -0.492 e. The Hall–Kier alpha value is -3.40. The van der Waals surface area contributed by atoms with Gasteiger partial charge in [0.2, 0.25) is 0 Å². The van der Waals surface area contributed by atoms with Crippen molar-refractivity contribution in [3.8, 4) is 16.9 Å². The molecule has 0 radical (unpaired) electrons. The maximum absolute atomic E-state index is 5.82. The summed E-state index contributed by atoms with van der Waals surface area (Å²) in [4.78, 5) is 8.59. The molecule has 4 aromatic rings. The maximum Gasteiger partial charge on any atom is 0.137 e. The highest BCUT2D eigenvalue weighted by Gasteiger charge is 2.02. The molecule has 0 amide bonds. The van der Waals surface area contributed by atoms with Crippen LogP contribution in [-0.2, 0) is 0 Å². The molecule has 0 aliphatic heterocycles. The normalized spacial score (nSPS) is 10.6. The van der Waals surface area contributed by atoms with E-state index in [4.69, 9.17) is 4.74 Å². The number of aromatic nitrogens is 2. The van der Waals surface area contributed by atoms with Gasteiger partial charge in [-0.1, -0.05) is 54.6 Å². The molecule has 0 fully saturated rings. The number of anilines is 1. The van der Waals surface area contributed by atoms with Crippen molar-refractivity contribution in [1.29, 1.82) is 0 Å². The third kappa shape index (κ3) is 3.64. The van der Waals surface area contributed by atoms with Crippen LogP contribution in [-0.4, -0.2) is 23.1 Å². The molecular formula is C22H19N3O. The van der Waals surface area contributed by atoms with Gasteiger partial charge in [0.25, 0.3) is 0 Å². The van der Waals surface area contributed by atoms with E-state index < -0.39 is 0 Å². The first-order valence-corrected chi connectivity index (χ1v) is 8.62. The van der Waals surface area contributed by atoms with Crippen LogP contribution in [0.2, 0.25) is 0 Å². The molecule has 4 rings (SSSR count). The summed E-state index contributed by atoms with van der Waals surface area (Å²) >= 11 is 0. The van der Waals surface area contributed by atoms with E-state index in [0.29, 0.717) is 13.2 Å². The molecule has 26 heavy (non-hydrogen) atoms. The second-order valence-electron chi connectivity index (χ2n) is 5.91. The summed E-state index contributed by atoms with van der Waals surface area (Å²) in [7, 11) is 0. The van der Waals surface area contributed by atoms with Gasteiger partial charge in [-0.05, 0) is 35.4 Å². The first kappa shape index (κ1) is 16.1. The minimum atomic E-state index is 0.559. The third-order valence-electron chi connectivity index (χ3n) is 4.17. The van der Waals surface area contributed by atoms with Gasteiger partial charge in [0.15, 0.2) is 0 Å². The third-order valence-corrected chi connectivity index (χ3v) is 4.17. The summed E-state index contributed by atoms with van der Waals surface area (Å²) in [5.41, 5.74) is 3.32. The Balaban J connectivity index is 1.33. The van der Waals surface area contributed by atoms with Gasteiger partial charge in [-0.15, -0.1) is 0 Å². The van der Waals surface area contributed by atoms with E-state index in [2.05, 4.69) is 39.6 Å². The number of fused-ring (bicyclic) bond motifs is 1. The van der Waals surface area contributed by atoms with Crippen LogP contribution in [0.15, 0.2) is 85.2 Å². The van der Waals surface area contributed by atoms with E-state index in [1.807, 2.05) is 54.6 Å². The zero-order valence-electron chi connectivity index (χ0n) is 14.3. The minimum absolute atomic E-state index is 0.559. The molecule has 4 heteroatoms.